The summed E-state index contributed by atoms with van der Waals surface area (Å²) in [4.78, 5) is 0. The molecule has 0 aromatic heterocycles. The molecular weight excluding hydrogens is 258 g/mol. The minimum absolute atomic E-state index is 0.00543. The second kappa shape index (κ2) is 6.10. The van der Waals surface area contributed by atoms with E-state index in [1.165, 1.54) is 0 Å². The van der Waals surface area contributed by atoms with Crippen molar-refractivity contribution in [3.05, 3.63) is 28.2 Å². The van der Waals surface area contributed by atoms with Crippen molar-refractivity contribution in [1.82, 2.24) is 0 Å². The highest BCUT2D eigenvalue weighted by Gasteiger charge is 2.05. The molecule has 0 saturated carbocycles. The molecule has 15 heavy (non-hydrogen) atoms. The second-order valence-electron chi connectivity index (χ2n) is 3.40. The summed E-state index contributed by atoms with van der Waals surface area (Å²) in [6.45, 7) is 2.62. The Bertz CT molecular complexity index is 315. The van der Waals surface area contributed by atoms with E-state index >= 15 is 0 Å². The van der Waals surface area contributed by atoms with Crippen molar-refractivity contribution in [2.75, 3.05) is 13.2 Å². The first kappa shape index (κ1) is 12.5. The van der Waals surface area contributed by atoms with E-state index in [0.29, 0.717) is 13.0 Å². The van der Waals surface area contributed by atoms with E-state index in [1.807, 2.05) is 25.1 Å². The summed E-state index contributed by atoms with van der Waals surface area (Å²) in [6, 6.07) is 5.74. The van der Waals surface area contributed by atoms with E-state index in [-0.39, 0.29) is 12.6 Å². The maximum atomic E-state index is 8.61. The average Bonchev–Trinajstić information content (AvgIpc) is 2.17. The molecule has 0 aliphatic heterocycles. The molecule has 0 bridgehead atoms. The summed E-state index contributed by atoms with van der Waals surface area (Å²) in [6.07, 6.45) is 0.645. The summed E-state index contributed by atoms with van der Waals surface area (Å²) in [5, 5.41) is 8.61. The molecule has 0 aliphatic carbocycles. The zero-order valence-corrected chi connectivity index (χ0v) is 10.3. The van der Waals surface area contributed by atoms with E-state index < -0.39 is 0 Å². The molecular formula is C11H16BrNO2. The highest BCUT2D eigenvalue weighted by molar-refractivity contribution is 9.10. The zero-order chi connectivity index (χ0) is 11.3. The van der Waals surface area contributed by atoms with Gasteiger partial charge < -0.3 is 15.6 Å². The van der Waals surface area contributed by atoms with Crippen LogP contribution in [-0.2, 0) is 0 Å². The second-order valence-corrected chi connectivity index (χ2v) is 4.25. The molecule has 0 fully saturated rings. The predicted octanol–water partition coefficient (Wildman–Crippen LogP) is 2.23. The fourth-order valence-electron chi connectivity index (χ4n) is 1.22. The molecule has 0 saturated heterocycles. The van der Waals surface area contributed by atoms with Crippen LogP contribution in [-0.4, -0.2) is 18.3 Å². The van der Waals surface area contributed by atoms with Gasteiger partial charge in [0.15, 0.2) is 0 Å². The van der Waals surface area contributed by atoms with Gasteiger partial charge in [-0.15, -0.1) is 0 Å². The first-order chi connectivity index (χ1) is 7.15. The van der Waals surface area contributed by atoms with Crippen LogP contribution in [0.15, 0.2) is 22.7 Å². The van der Waals surface area contributed by atoms with Gasteiger partial charge in [-0.1, -0.05) is 22.0 Å². The number of hydrogen-bond donors (Lipinski definition) is 2. The minimum atomic E-state index is 0.00543. The molecule has 1 atom stereocenters. The normalized spacial score (nSPS) is 12.5. The van der Waals surface area contributed by atoms with Crippen molar-refractivity contribution >= 4 is 15.9 Å². The van der Waals surface area contributed by atoms with Gasteiger partial charge in [0.25, 0.3) is 0 Å². The Kier molecular flexibility index (Phi) is 5.08. The maximum Gasteiger partial charge on any atom is 0.120 e. The van der Waals surface area contributed by atoms with E-state index in [9.17, 15) is 0 Å². The minimum Gasteiger partial charge on any atom is -0.493 e. The summed E-state index contributed by atoms with van der Waals surface area (Å²) in [5.41, 5.74) is 6.84. The SMILES string of the molecule is C[C@H](N)c1ccc(OCCCO)cc1Br. The molecule has 4 heteroatoms. The number of rotatable bonds is 5. The summed E-state index contributed by atoms with van der Waals surface area (Å²) < 4.78 is 6.39. The molecule has 1 rings (SSSR count). The fourth-order valence-corrected chi connectivity index (χ4v) is 1.94. The molecule has 1 aromatic rings. The molecule has 3 N–H and O–H groups in total. The molecule has 0 radical (unpaired) electrons. The van der Waals surface area contributed by atoms with Gasteiger partial charge in [-0.25, -0.2) is 0 Å². The molecule has 0 unspecified atom stereocenters. The first-order valence-corrected chi connectivity index (χ1v) is 5.73. The van der Waals surface area contributed by atoms with Crippen molar-refractivity contribution in [2.24, 2.45) is 5.73 Å². The van der Waals surface area contributed by atoms with Gasteiger partial charge in [0.05, 0.1) is 6.61 Å². The number of benzene rings is 1. The van der Waals surface area contributed by atoms with Gasteiger partial charge in [-0.05, 0) is 24.6 Å². The molecule has 3 nitrogen and oxygen atoms in total. The van der Waals surface area contributed by atoms with Crippen molar-refractivity contribution in [3.63, 3.8) is 0 Å². The smallest absolute Gasteiger partial charge is 0.120 e. The Balaban J connectivity index is 2.65. The lowest BCUT2D eigenvalue weighted by Gasteiger charge is -2.11. The Morgan fingerprint density at radius 3 is 2.80 bits per heavy atom. The van der Waals surface area contributed by atoms with Gasteiger partial charge in [-0.2, -0.15) is 0 Å². The topological polar surface area (TPSA) is 55.5 Å². The van der Waals surface area contributed by atoms with Crippen LogP contribution in [0.2, 0.25) is 0 Å². The lowest BCUT2D eigenvalue weighted by atomic mass is 10.1. The van der Waals surface area contributed by atoms with E-state index in [4.69, 9.17) is 15.6 Å². The summed E-state index contributed by atoms with van der Waals surface area (Å²) in [7, 11) is 0. The molecule has 0 amide bonds. The van der Waals surface area contributed by atoms with Crippen molar-refractivity contribution in [1.29, 1.82) is 0 Å². The van der Waals surface area contributed by atoms with Crippen LogP contribution >= 0.6 is 15.9 Å². The summed E-state index contributed by atoms with van der Waals surface area (Å²) in [5.74, 6) is 0.791. The Hall–Kier alpha value is -0.580. The molecule has 1 aromatic carbocycles. The first-order valence-electron chi connectivity index (χ1n) is 4.94. The van der Waals surface area contributed by atoms with Crippen LogP contribution in [0, 0.1) is 0 Å². The van der Waals surface area contributed by atoms with Crippen LogP contribution in [0.5, 0.6) is 5.75 Å². The Morgan fingerprint density at radius 2 is 2.27 bits per heavy atom. The molecule has 84 valence electrons. The van der Waals surface area contributed by atoms with Crippen molar-refractivity contribution < 1.29 is 9.84 Å². The van der Waals surface area contributed by atoms with E-state index in [0.717, 1.165) is 15.8 Å². The number of aliphatic hydroxyl groups is 1. The van der Waals surface area contributed by atoms with Gasteiger partial charge in [-0.3, -0.25) is 0 Å². The number of nitrogens with two attached hydrogens (primary N) is 1. The van der Waals surface area contributed by atoms with Crippen LogP contribution in [0.25, 0.3) is 0 Å². The van der Waals surface area contributed by atoms with Crippen molar-refractivity contribution in [2.45, 2.75) is 19.4 Å². The zero-order valence-electron chi connectivity index (χ0n) is 8.74. The van der Waals surface area contributed by atoms with Crippen LogP contribution < -0.4 is 10.5 Å². The molecule has 0 heterocycles. The van der Waals surface area contributed by atoms with Gasteiger partial charge in [0, 0.05) is 23.5 Å². The number of aliphatic hydroxyl groups excluding tert-OH is 1. The third-order valence-electron chi connectivity index (χ3n) is 2.03. The standard InChI is InChI=1S/C11H16BrNO2/c1-8(13)10-4-3-9(7-11(10)12)15-6-2-5-14/h3-4,7-8,14H,2,5-6,13H2,1H3/t8-/m0/s1. The van der Waals surface area contributed by atoms with Gasteiger partial charge >= 0.3 is 0 Å². The largest absolute Gasteiger partial charge is 0.493 e. The molecule has 0 spiro atoms. The predicted molar refractivity (Wildman–Crippen MR) is 63.9 cm³/mol. The van der Waals surface area contributed by atoms with Crippen molar-refractivity contribution in [3.8, 4) is 5.75 Å². The lowest BCUT2D eigenvalue weighted by molar-refractivity contribution is 0.233. The van der Waals surface area contributed by atoms with Crippen LogP contribution in [0.3, 0.4) is 0 Å². The Labute approximate surface area is 98.4 Å². The van der Waals surface area contributed by atoms with Gasteiger partial charge in [0.1, 0.15) is 5.75 Å². The lowest BCUT2D eigenvalue weighted by Crippen LogP contribution is -2.06. The highest BCUT2D eigenvalue weighted by atomic mass is 79.9. The van der Waals surface area contributed by atoms with Gasteiger partial charge in [0.2, 0.25) is 0 Å². The third kappa shape index (κ3) is 3.81. The van der Waals surface area contributed by atoms with Crippen LogP contribution in [0.1, 0.15) is 24.9 Å². The number of halogens is 1. The third-order valence-corrected chi connectivity index (χ3v) is 2.72. The highest BCUT2D eigenvalue weighted by Crippen LogP contribution is 2.26. The maximum absolute atomic E-state index is 8.61. The quantitative estimate of drug-likeness (QED) is 0.809. The van der Waals surface area contributed by atoms with E-state index in [2.05, 4.69) is 15.9 Å². The van der Waals surface area contributed by atoms with Crippen LogP contribution in [0.4, 0.5) is 0 Å². The number of hydrogen-bond acceptors (Lipinski definition) is 3. The monoisotopic (exact) mass is 273 g/mol. The van der Waals surface area contributed by atoms with E-state index in [1.54, 1.807) is 0 Å². The average molecular weight is 274 g/mol. The molecule has 0 aliphatic rings. The Morgan fingerprint density at radius 1 is 1.53 bits per heavy atom. The summed E-state index contributed by atoms with van der Waals surface area (Å²) >= 11 is 3.45. The number of ether oxygens (including phenoxy) is 1. The fraction of sp³-hybridized carbons (Fsp3) is 0.455.